The van der Waals surface area contributed by atoms with E-state index >= 15 is 0 Å². The Morgan fingerprint density at radius 3 is 2.89 bits per heavy atom. The lowest BCUT2D eigenvalue weighted by Gasteiger charge is -2.32. The van der Waals surface area contributed by atoms with Gasteiger partial charge in [0, 0.05) is 42.0 Å². The summed E-state index contributed by atoms with van der Waals surface area (Å²) in [7, 11) is 0. The normalized spacial score (nSPS) is 16.1. The van der Waals surface area contributed by atoms with Gasteiger partial charge < -0.3 is 20.7 Å². The lowest BCUT2D eigenvalue weighted by molar-refractivity contribution is 0.458. The molecule has 0 amide bonds. The lowest BCUT2D eigenvalue weighted by Crippen LogP contribution is -2.42. The highest BCUT2D eigenvalue weighted by Crippen LogP contribution is 2.31. The number of ether oxygens (including phenoxy) is 1. The molecule has 6 rings (SSSR count). The quantitative estimate of drug-likeness (QED) is 0.397. The second-order valence-electron chi connectivity index (χ2n) is 8.80. The van der Waals surface area contributed by atoms with Crippen molar-refractivity contribution in [3.63, 3.8) is 0 Å². The van der Waals surface area contributed by atoms with Gasteiger partial charge in [-0.15, -0.1) is 10.2 Å². The van der Waals surface area contributed by atoms with Crippen molar-refractivity contribution in [3.8, 4) is 11.6 Å². The van der Waals surface area contributed by atoms with Crippen LogP contribution in [0.5, 0.6) is 11.6 Å². The Bertz CT molecular complexity index is 1520. The van der Waals surface area contributed by atoms with Gasteiger partial charge in [-0.25, -0.2) is 15.0 Å². The first kappa shape index (κ1) is 21.2. The largest absolute Gasteiger partial charge is 0.439 e. The summed E-state index contributed by atoms with van der Waals surface area (Å²) >= 11 is 0. The number of fused-ring (bicyclic) bond motifs is 2. The molecule has 3 aromatic heterocycles. The first-order valence-electron chi connectivity index (χ1n) is 11.6. The van der Waals surface area contributed by atoms with Gasteiger partial charge in [-0.2, -0.15) is 0 Å². The predicted molar refractivity (Wildman–Crippen MR) is 134 cm³/mol. The minimum atomic E-state index is 0.210. The first-order chi connectivity index (χ1) is 17.1. The molecule has 1 fully saturated rings. The Balaban J connectivity index is 1.25. The Hall–Kier alpha value is -4.31. The maximum absolute atomic E-state index is 6.20. The van der Waals surface area contributed by atoms with Crippen molar-refractivity contribution in [3.05, 3.63) is 67.0 Å². The summed E-state index contributed by atoms with van der Waals surface area (Å²) in [6.45, 7) is 3.86. The van der Waals surface area contributed by atoms with Gasteiger partial charge in [0.2, 0.25) is 5.88 Å². The molecular formula is C25H25N9O. The van der Waals surface area contributed by atoms with Crippen molar-refractivity contribution in [2.45, 2.75) is 25.8 Å². The first-order valence-corrected chi connectivity index (χ1v) is 11.6. The topological polar surface area (TPSA) is 119 Å². The van der Waals surface area contributed by atoms with Crippen molar-refractivity contribution in [2.24, 2.45) is 5.73 Å². The maximum atomic E-state index is 6.20. The van der Waals surface area contributed by atoms with E-state index in [4.69, 9.17) is 10.5 Å². The fraction of sp³-hybridized carbons (Fsp3) is 0.240. The van der Waals surface area contributed by atoms with E-state index in [9.17, 15) is 0 Å². The van der Waals surface area contributed by atoms with Crippen molar-refractivity contribution >= 4 is 33.7 Å². The number of anilines is 3. The molecule has 1 atom stereocenters. The molecule has 10 heteroatoms. The van der Waals surface area contributed by atoms with Crippen LogP contribution in [0.3, 0.4) is 0 Å². The van der Waals surface area contributed by atoms with Gasteiger partial charge in [-0.05, 0) is 61.7 Å². The van der Waals surface area contributed by atoms with Crippen LogP contribution in [0.1, 0.15) is 18.4 Å². The van der Waals surface area contributed by atoms with E-state index in [1.165, 1.54) is 0 Å². The van der Waals surface area contributed by atoms with Crippen LogP contribution >= 0.6 is 0 Å². The summed E-state index contributed by atoms with van der Waals surface area (Å²) in [5.74, 6) is 1.93. The maximum Gasteiger partial charge on any atom is 0.224 e. The summed E-state index contributed by atoms with van der Waals surface area (Å²) in [5.41, 5.74) is 10.8. The fourth-order valence-corrected chi connectivity index (χ4v) is 4.44. The van der Waals surface area contributed by atoms with E-state index in [0.29, 0.717) is 17.3 Å². The van der Waals surface area contributed by atoms with Crippen LogP contribution in [-0.2, 0) is 0 Å². The van der Waals surface area contributed by atoms with E-state index in [2.05, 4.69) is 47.5 Å². The number of aromatic nitrogens is 6. The second kappa shape index (κ2) is 8.80. The molecule has 5 aromatic rings. The van der Waals surface area contributed by atoms with Crippen LogP contribution in [0.2, 0.25) is 0 Å². The average molecular weight is 468 g/mol. The van der Waals surface area contributed by atoms with Crippen LogP contribution < -0.4 is 20.7 Å². The van der Waals surface area contributed by atoms with E-state index in [1.54, 1.807) is 29.4 Å². The SMILES string of the molecule is Cc1cc(Nc2ncnc3ccc(N4CCC[C@@H](N)C4)cc23)ccc1Oc1cc2nncn2cn1. The van der Waals surface area contributed by atoms with E-state index in [1.807, 2.05) is 31.2 Å². The molecule has 1 aliphatic rings. The summed E-state index contributed by atoms with van der Waals surface area (Å²) in [6, 6.07) is 14.1. The summed E-state index contributed by atoms with van der Waals surface area (Å²) in [6.07, 6.45) is 6.98. The van der Waals surface area contributed by atoms with Gasteiger partial charge in [0.05, 0.1) is 5.52 Å². The number of nitrogens with zero attached hydrogens (tertiary/aromatic N) is 7. The van der Waals surface area contributed by atoms with Gasteiger partial charge >= 0.3 is 0 Å². The Labute approximate surface area is 201 Å². The Morgan fingerprint density at radius 1 is 1.06 bits per heavy atom. The van der Waals surface area contributed by atoms with Crippen LogP contribution in [-0.4, -0.2) is 48.7 Å². The summed E-state index contributed by atoms with van der Waals surface area (Å²) < 4.78 is 7.72. The molecule has 0 unspecified atom stereocenters. The predicted octanol–water partition coefficient (Wildman–Crippen LogP) is 3.84. The van der Waals surface area contributed by atoms with Gasteiger partial charge in [-0.1, -0.05) is 0 Å². The molecule has 4 heterocycles. The average Bonchev–Trinajstić information content (AvgIpc) is 3.34. The molecule has 1 saturated heterocycles. The molecule has 2 aromatic carbocycles. The smallest absolute Gasteiger partial charge is 0.224 e. The summed E-state index contributed by atoms with van der Waals surface area (Å²) in [4.78, 5) is 15.6. The van der Waals surface area contributed by atoms with E-state index < -0.39 is 0 Å². The highest BCUT2D eigenvalue weighted by molar-refractivity contribution is 5.93. The second-order valence-corrected chi connectivity index (χ2v) is 8.80. The van der Waals surface area contributed by atoms with Crippen LogP contribution in [0.25, 0.3) is 16.6 Å². The highest BCUT2D eigenvalue weighted by Gasteiger charge is 2.18. The zero-order valence-electron chi connectivity index (χ0n) is 19.3. The third kappa shape index (κ3) is 4.31. The van der Waals surface area contributed by atoms with Gasteiger partial charge in [0.1, 0.15) is 30.5 Å². The van der Waals surface area contributed by atoms with Crippen molar-refractivity contribution in [2.75, 3.05) is 23.3 Å². The number of nitrogens with one attached hydrogen (secondary N) is 1. The van der Waals surface area contributed by atoms with Crippen molar-refractivity contribution in [1.29, 1.82) is 0 Å². The van der Waals surface area contributed by atoms with Gasteiger partial charge in [-0.3, -0.25) is 4.40 Å². The molecule has 0 bridgehead atoms. The van der Waals surface area contributed by atoms with Gasteiger partial charge in [0.15, 0.2) is 5.65 Å². The van der Waals surface area contributed by atoms with E-state index in [-0.39, 0.29) is 6.04 Å². The third-order valence-electron chi connectivity index (χ3n) is 6.26. The number of hydrogen-bond donors (Lipinski definition) is 2. The number of aryl methyl sites for hydroxylation is 1. The van der Waals surface area contributed by atoms with E-state index in [0.717, 1.165) is 59.6 Å². The van der Waals surface area contributed by atoms with Crippen LogP contribution in [0.15, 0.2) is 61.4 Å². The van der Waals surface area contributed by atoms with Crippen LogP contribution in [0.4, 0.5) is 17.2 Å². The standard InChI is InChI=1S/C25H25N9O/c1-16-9-18(4-7-22(16)35-24-11-23-32-30-15-34(23)14-29-24)31-25-20-10-19(5-6-21(20)27-13-28-25)33-8-2-3-17(26)12-33/h4-7,9-11,13-15,17H,2-3,8,12,26H2,1H3,(H,27,28,31)/t17-/m1/s1. The summed E-state index contributed by atoms with van der Waals surface area (Å²) in [5, 5.41) is 12.3. The van der Waals surface area contributed by atoms with Crippen molar-refractivity contribution < 1.29 is 4.74 Å². The minimum absolute atomic E-state index is 0.210. The minimum Gasteiger partial charge on any atom is -0.439 e. The molecule has 0 radical (unpaired) electrons. The molecule has 35 heavy (non-hydrogen) atoms. The molecule has 0 aliphatic carbocycles. The fourth-order valence-electron chi connectivity index (χ4n) is 4.44. The number of rotatable bonds is 5. The molecule has 10 nitrogen and oxygen atoms in total. The molecular weight excluding hydrogens is 442 g/mol. The molecule has 176 valence electrons. The number of hydrogen-bond acceptors (Lipinski definition) is 9. The molecule has 3 N–H and O–H groups in total. The highest BCUT2D eigenvalue weighted by atomic mass is 16.5. The Kier molecular flexibility index (Phi) is 5.34. The van der Waals surface area contributed by atoms with Crippen LogP contribution in [0, 0.1) is 6.92 Å². The molecule has 0 spiro atoms. The monoisotopic (exact) mass is 467 g/mol. The molecule has 0 saturated carbocycles. The number of piperidine rings is 1. The molecule has 1 aliphatic heterocycles. The zero-order chi connectivity index (χ0) is 23.8. The van der Waals surface area contributed by atoms with Crippen molar-refractivity contribution in [1.82, 2.24) is 29.5 Å². The lowest BCUT2D eigenvalue weighted by atomic mass is 10.1. The number of benzene rings is 2. The Morgan fingerprint density at radius 2 is 2.00 bits per heavy atom. The number of nitrogens with two attached hydrogens (primary N) is 1. The van der Waals surface area contributed by atoms with Gasteiger partial charge in [0.25, 0.3) is 0 Å². The zero-order valence-corrected chi connectivity index (χ0v) is 19.3. The third-order valence-corrected chi connectivity index (χ3v) is 6.26.